The van der Waals surface area contributed by atoms with Crippen molar-refractivity contribution in [1.82, 2.24) is 40.4 Å². The number of nitrogens with zero attached hydrogens (tertiary/aromatic N) is 8. The summed E-state index contributed by atoms with van der Waals surface area (Å²) in [6.45, 7) is 0. The molecular formula is C15H11ClN8S. The molecule has 0 saturated carbocycles. The molecule has 4 aromatic rings. The maximum atomic E-state index is 5.93. The van der Waals surface area contributed by atoms with Crippen LogP contribution in [0.4, 0.5) is 0 Å². The SMILES string of the molecule is Clc1ccc(-n2nnnc2SCc2nnnn2-c2ccccc2)cc1. The van der Waals surface area contributed by atoms with Crippen LogP contribution in [-0.4, -0.2) is 40.4 Å². The van der Waals surface area contributed by atoms with Crippen LogP contribution in [0, 0.1) is 0 Å². The molecule has 2 heterocycles. The zero-order chi connectivity index (χ0) is 17.1. The second-order valence-electron chi connectivity index (χ2n) is 4.98. The zero-order valence-electron chi connectivity index (χ0n) is 12.8. The highest BCUT2D eigenvalue weighted by atomic mass is 35.5. The van der Waals surface area contributed by atoms with E-state index in [1.54, 1.807) is 21.5 Å². The Balaban J connectivity index is 1.55. The Hall–Kier alpha value is -2.78. The fourth-order valence-electron chi connectivity index (χ4n) is 2.21. The van der Waals surface area contributed by atoms with Gasteiger partial charge in [-0.25, -0.2) is 0 Å². The quantitative estimate of drug-likeness (QED) is 0.499. The number of benzene rings is 2. The minimum absolute atomic E-state index is 0.524. The summed E-state index contributed by atoms with van der Waals surface area (Å²) < 4.78 is 3.35. The normalized spacial score (nSPS) is 10.9. The molecule has 10 heteroatoms. The van der Waals surface area contributed by atoms with Crippen LogP contribution in [0.1, 0.15) is 5.82 Å². The minimum atomic E-state index is 0.524. The van der Waals surface area contributed by atoms with Gasteiger partial charge in [0.25, 0.3) is 0 Å². The van der Waals surface area contributed by atoms with Crippen molar-refractivity contribution in [2.45, 2.75) is 10.9 Å². The first kappa shape index (κ1) is 15.7. The fourth-order valence-corrected chi connectivity index (χ4v) is 3.13. The van der Waals surface area contributed by atoms with Gasteiger partial charge < -0.3 is 0 Å². The van der Waals surface area contributed by atoms with Crippen LogP contribution in [0.3, 0.4) is 0 Å². The smallest absolute Gasteiger partial charge is 0.196 e. The maximum absolute atomic E-state index is 5.93. The first-order valence-electron chi connectivity index (χ1n) is 7.31. The van der Waals surface area contributed by atoms with E-state index in [2.05, 4.69) is 31.1 Å². The van der Waals surface area contributed by atoms with Crippen LogP contribution in [0.15, 0.2) is 59.8 Å². The maximum Gasteiger partial charge on any atom is 0.214 e. The molecule has 2 aromatic carbocycles. The van der Waals surface area contributed by atoms with Crippen LogP contribution in [0.2, 0.25) is 5.02 Å². The summed E-state index contributed by atoms with van der Waals surface area (Å²) in [6.07, 6.45) is 0. The monoisotopic (exact) mass is 370 g/mol. The lowest BCUT2D eigenvalue weighted by molar-refractivity contribution is 0.755. The zero-order valence-corrected chi connectivity index (χ0v) is 14.3. The molecule has 0 aliphatic rings. The van der Waals surface area contributed by atoms with Gasteiger partial charge in [-0.15, -0.1) is 10.2 Å². The summed E-state index contributed by atoms with van der Waals surface area (Å²) in [5, 5.41) is 25.1. The highest BCUT2D eigenvalue weighted by Gasteiger charge is 2.13. The Morgan fingerprint density at radius 2 is 1.48 bits per heavy atom. The molecule has 0 spiro atoms. The highest BCUT2D eigenvalue weighted by Crippen LogP contribution is 2.23. The van der Waals surface area contributed by atoms with E-state index in [4.69, 9.17) is 11.6 Å². The molecule has 8 nitrogen and oxygen atoms in total. The van der Waals surface area contributed by atoms with Crippen LogP contribution in [0.25, 0.3) is 11.4 Å². The molecule has 0 aliphatic heterocycles. The van der Waals surface area contributed by atoms with Gasteiger partial charge in [0.15, 0.2) is 5.82 Å². The van der Waals surface area contributed by atoms with E-state index in [1.165, 1.54) is 11.8 Å². The summed E-state index contributed by atoms with van der Waals surface area (Å²) in [5.41, 5.74) is 1.74. The second-order valence-corrected chi connectivity index (χ2v) is 6.36. The van der Waals surface area contributed by atoms with E-state index in [1.807, 2.05) is 42.5 Å². The molecule has 0 radical (unpaired) electrons. The number of hydrogen-bond donors (Lipinski definition) is 0. The minimum Gasteiger partial charge on any atom is -0.196 e. The number of tetrazole rings is 2. The van der Waals surface area contributed by atoms with E-state index < -0.39 is 0 Å². The first-order chi connectivity index (χ1) is 12.3. The van der Waals surface area contributed by atoms with Gasteiger partial charge in [0, 0.05) is 5.02 Å². The van der Waals surface area contributed by atoms with Crippen LogP contribution in [-0.2, 0) is 5.75 Å². The number of hydrogen-bond acceptors (Lipinski definition) is 7. The number of thioether (sulfide) groups is 1. The standard InChI is InChI=1S/C15H11ClN8S/c16-11-6-8-13(9-7-11)24-15(18-20-22-24)25-10-14-17-19-21-23(14)12-4-2-1-3-5-12/h1-9H,10H2. The topological polar surface area (TPSA) is 87.2 Å². The summed E-state index contributed by atoms with van der Waals surface area (Å²) >= 11 is 7.38. The molecule has 0 bridgehead atoms. The predicted octanol–water partition coefficient (Wildman–Crippen LogP) is 2.58. The Morgan fingerprint density at radius 3 is 2.28 bits per heavy atom. The molecule has 0 amide bonds. The first-order valence-corrected chi connectivity index (χ1v) is 8.67. The Bertz CT molecular complexity index is 967. The lowest BCUT2D eigenvalue weighted by atomic mass is 10.3. The lowest BCUT2D eigenvalue weighted by Crippen LogP contribution is -2.03. The molecule has 4 rings (SSSR count). The van der Waals surface area contributed by atoms with Gasteiger partial charge in [-0.05, 0) is 57.3 Å². The van der Waals surface area contributed by atoms with Crippen molar-refractivity contribution in [3.8, 4) is 11.4 Å². The Morgan fingerprint density at radius 1 is 0.800 bits per heavy atom. The van der Waals surface area contributed by atoms with Crippen molar-refractivity contribution in [3.63, 3.8) is 0 Å². The van der Waals surface area contributed by atoms with Crippen LogP contribution < -0.4 is 0 Å². The third kappa shape index (κ3) is 3.37. The summed E-state index contributed by atoms with van der Waals surface area (Å²) in [4.78, 5) is 0. The van der Waals surface area contributed by atoms with E-state index in [9.17, 15) is 0 Å². The largest absolute Gasteiger partial charge is 0.214 e. The van der Waals surface area contributed by atoms with E-state index in [-0.39, 0.29) is 0 Å². The van der Waals surface area contributed by atoms with Crippen molar-refractivity contribution >= 4 is 23.4 Å². The van der Waals surface area contributed by atoms with Crippen molar-refractivity contribution in [3.05, 3.63) is 65.4 Å². The van der Waals surface area contributed by atoms with Gasteiger partial charge >= 0.3 is 0 Å². The third-order valence-corrected chi connectivity index (χ3v) is 4.54. The van der Waals surface area contributed by atoms with Crippen molar-refractivity contribution in [1.29, 1.82) is 0 Å². The Labute approximate surface area is 151 Å². The van der Waals surface area contributed by atoms with Crippen molar-refractivity contribution < 1.29 is 0 Å². The number of aromatic nitrogens is 8. The molecule has 0 fully saturated rings. The molecule has 0 aliphatic carbocycles. The molecule has 2 aromatic heterocycles. The van der Waals surface area contributed by atoms with E-state index >= 15 is 0 Å². The molecule has 0 unspecified atom stereocenters. The van der Waals surface area contributed by atoms with Crippen LogP contribution >= 0.6 is 23.4 Å². The molecule has 0 saturated heterocycles. The number of rotatable bonds is 5. The summed E-state index contributed by atoms with van der Waals surface area (Å²) in [5.74, 6) is 1.23. The molecule has 0 N–H and O–H groups in total. The van der Waals surface area contributed by atoms with Crippen LogP contribution in [0.5, 0.6) is 0 Å². The molecule has 25 heavy (non-hydrogen) atoms. The van der Waals surface area contributed by atoms with E-state index in [0.29, 0.717) is 21.8 Å². The van der Waals surface area contributed by atoms with Gasteiger partial charge in [0.05, 0.1) is 17.1 Å². The number of para-hydroxylation sites is 1. The molecule has 124 valence electrons. The van der Waals surface area contributed by atoms with Gasteiger partial charge in [-0.1, -0.05) is 41.6 Å². The highest BCUT2D eigenvalue weighted by molar-refractivity contribution is 7.98. The van der Waals surface area contributed by atoms with Gasteiger partial charge in [-0.3, -0.25) is 0 Å². The summed E-state index contributed by atoms with van der Waals surface area (Å²) in [6, 6.07) is 17.0. The second kappa shape index (κ2) is 6.99. The van der Waals surface area contributed by atoms with E-state index in [0.717, 1.165) is 11.4 Å². The fraction of sp³-hybridized carbons (Fsp3) is 0.0667. The van der Waals surface area contributed by atoms with Gasteiger partial charge in [0.2, 0.25) is 5.16 Å². The van der Waals surface area contributed by atoms with Gasteiger partial charge in [0.1, 0.15) is 0 Å². The average Bonchev–Trinajstić information content (AvgIpc) is 3.30. The van der Waals surface area contributed by atoms with Crippen molar-refractivity contribution in [2.24, 2.45) is 0 Å². The van der Waals surface area contributed by atoms with Crippen molar-refractivity contribution in [2.75, 3.05) is 0 Å². The average molecular weight is 371 g/mol. The van der Waals surface area contributed by atoms with Gasteiger partial charge in [-0.2, -0.15) is 9.36 Å². The predicted molar refractivity (Wildman–Crippen MR) is 92.9 cm³/mol. The lowest BCUT2D eigenvalue weighted by Gasteiger charge is -2.05. The Kier molecular flexibility index (Phi) is 4.40. The number of halogens is 1. The molecular weight excluding hydrogens is 360 g/mol. The summed E-state index contributed by atoms with van der Waals surface area (Å²) in [7, 11) is 0. The molecule has 0 atom stereocenters. The third-order valence-electron chi connectivity index (χ3n) is 3.38.